The van der Waals surface area contributed by atoms with E-state index in [4.69, 9.17) is 19.2 Å². The first-order valence-electron chi connectivity index (χ1n) is 13.7. The second kappa shape index (κ2) is 11.3. The number of aromatic nitrogens is 1. The van der Waals surface area contributed by atoms with E-state index in [-0.39, 0.29) is 18.0 Å². The summed E-state index contributed by atoms with van der Waals surface area (Å²) in [7, 11) is 1.69. The molecule has 1 N–H and O–H groups in total. The third kappa shape index (κ3) is 6.36. The standard InChI is InChI=1S/C32H39N3O4/c1-21-11-13-33-26(15-21)25-19-35-14-12-23-16-30(38-20-22-9-7-6-8-10-22)29(37-5)17-24(23)28(35)18-27(25)34-31(36)39-32(2,3)4/h6-11,13,15-17,25,27-28H,12,14,18-20H2,1-5H3,(H,34,36)/t25-,27-,28-/m1/s1. The number of alkyl carbamates (subject to hydrolysis) is 1. The van der Waals surface area contributed by atoms with Gasteiger partial charge in [0.05, 0.1) is 7.11 Å². The molecule has 1 saturated heterocycles. The average Bonchev–Trinajstić information content (AvgIpc) is 2.90. The molecule has 1 amide bonds. The minimum Gasteiger partial charge on any atom is -0.493 e. The van der Waals surface area contributed by atoms with Crippen LogP contribution < -0.4 is 14.8 Å². The first-order valence-corrected chi connectivity index (χ1v) is 13.7. The summed E-state index contributed by atoms with van der Waals surface area (Å²) in [6.07, 6.45) is 3.14. The molecular weight excluding hydrogens is 490 g/mol. The third-order valence-electron chi connectivity index (χ3n) is 7.54. The molecule has 3 heterocycles. The van der Waals surface area contributed by atoms with Gasteiger partial charge >= 0.3 is 6.09 Å². The number of nitrogens with one attached hydrogen (secondary N) is 1. The maximum Gasteiger partial charge on any atom is 0.407 e. The number of nitrogens with zero attached hydrogens (tertiary/aromatic N) is 2. The van der Waals surface area contributed by atoms with Gasteiger partial charge < -0.3 is 19.5 Å². The van der Waals surface area contributed by atoms with Gasteiger partial charge in [-0.15, -0.1) is 0 Å². The van der Waals surface area contributed by atoms with Crippen molar-refractivity contribution in [3.63, 3.8) is 0 Å². The lowest BCUT2D eigenvalue weighted by Gasteiger charge is -2.47. The second-order valence-electron chi connectivity index (χ2n) is 11.6. The van der Waals surface area contributed by atoms with Crippen molar-refractivity contribution in [1.82, 2.24) is 15.2 Å². The van der Waals surface area contributed by atoms with Crippen LogP contribution >= 0.6 is 0 Å². The number of amides is 1. The van der Waals surface area contributed by atoms with Crippen LogP contribution in [0.25, 0.3) is 0 Å². The lowest BCUT2D eigenvalue weighted by molar-refractivity contribution is 0.0411. The summed E-state index contributed by atoms with van der Waals surface area (Å²) in [5.41, 5.74) is 5.21. The van der Waals surface area contributed by atoms with E-state index in [0.717, 1.165) is 54.3 Å². The Morgan fingerprint density at radius 3 is 2.62 bits per heavy atom. The van der Waals surface area contributed by atoms with E-state index in [1.165, 1.54) is 11.1 Å². The molecule has 206 valence electrons. The fourth-order valence-corrected chi connectivity index (χ4v) is 5.73. The number of piperidine rings is 1. The summed E-state index contributed by atoms with van der Waals surface area (Å²) in [5.74, 6) is 1.55. The SMILES string of the molecule is COc1cc2c(cc1OCc1ccccc1)CCN1C[C@H](c3cc(C)ccn3)[C@H](NC(=O)OC(C)(C)C)C[C@H]21. The highest BCUT2D eigenvalue weighted by Gasteiger charge is 2.41. The monoisotopic (exact) mass is 529 g/mol. The van der Waals surface area contributed by atoms with Gasteiger partial charge in [-0.05, 0) is 87.1 Å². The molecule has 1 fully saturated rings. The van der Waals surface area contributed by atoms with Gasteiger partial charge in [0, 0.05) is 43.0 Å². The quantitative estimate of drug-likeness (QED) is 0.425. The van der Waals surface area contributed by atoms with Gasteiger partial charge in [0.1, 0.15) is 12.2 Å². The highest BCUT2D eigenvalue weighted by Crippen LogP contribution is 2.44. The Balaban J connectivity index is 1.42. The lowest BCUT2D eigenvalue weighted by Crippen LogP contribution is -2.53. The van der Waals surface area contributed by atoms with Gasteiger partial charge in [-0.25, -0.2) is 4.79 Å². The van der Waals surface area contributed by atoms with Gasteiger partial charge in [-0.1, -0.05) is 30.3 Å². The van der Waals surface area contributed by atoms with Crippen LogP contribution in [0.5, 0.6) is 11.5 Å². The molecule has 2 aliphatic rings. The molecule has 3 atom stereocenters. The minimum atomic E-state index is -0.567. The molecule has 0 spiro atoms. The average molecular weight is 530 g/mol. The zero-order chi connectivity index (χ0) is 27.6. The third-order valence-corrected chi connectivity index (χ3v) is 7.54. The van der Waals surface area contributed by atoms with Crippen LogP contribution in [0.4, 0.5) is 4.79 Å². The van der Waals surface area contributed by atoms with E-state index < -0.39 is 11.7 Å². The van der Waals surface area contributed by atoms with Crippen LogP contribution in [0.15, 0.2) is 60.8 Å². The van der Waals surface area contributed by atoms with E-state index in [0.29, 0.717) is 6.61 Å². The van der Waals surface area contributed by atoms with Crippen molar-refractivity contribution in [2.45, 2.75) is 70.7 Å². The number of rotatable bonds is 6. The van der Waals surface area contributed by atoms with Crippen molar-refractivity contribution in [1.29, 1.82) is 0 Å². The van der Waals surface area contributed by atoms with Crippen LogP contribution in [0, 0.1) is 6.92 Å². The molecule has 39 heavy (non-hydrogen) atoms. The maximum absolute atomic E-state index is 12.9. The van der Waals surface area contributed by atoms with Crippen LogP contribution in [-0.2, 0) is 17.8 Å². The smallest absolute Gasteiger partial charge is 0.407 e. The number of hydrogen-bond donors (Lipinski definition) is 1. The number of pyridine rings is 1. The minimum absolute atomic E-state index is 0.0607. The zero-order valence-electron chi connectivity index (χ0n) is 23.6. The maximum atomic E-state index is 12.9. The van der Waals surface area contributed by atoms with Crippen LogP contribution in [-0.4, -0.2) is 47.8 Å². The molecule has 0 unspecified atom stereocenters. The summed E-state index contributed by atoms with van der Waals surface area (Å²) >= 11 is 0. The molecule has 0 aliphatic carbocycles. The molecule has 7 nitrogen and oxygen atoms in total. The highest BCUT2D eigenvalue weighted by atomic mass is 16.6. The van der Waals surface area contributed by atoms with E-state index in [1.54, 1.807) is 7.11 Å². The van der Waals surface area contributed by atoms with E-state index in [9.17, 15) is 4.79 Å². The van der Waals surface area contributed by atoms with Crippen molar-refractivity contribution in [3.8, 4) is 11.5 Å². The first kappa shape index (κ1) is 27.0. The van der Waals surface area contributed by atoms with Crippen molar-refractivity contribution < 1.29 is 19.0 Å². The molecule has 3 aromatic rings. The number of methoxy groups -OCH3 is 1. The molecule has 1 aromatic heterocycles. The number of fused-ring (bicyclic) bond motifs is 3. The lowest BCUT2D eigenvalue weighted by atomic mass is 9.79. The van der Waals surface area contributed by atoms with Crippen molar-refractivity contribution in [2.75, 3.05) is 20.2 Å². The van der Waals surface area contributed by atoms with Gasteiger partial charge in [0.25, 0.3) is 0 Å². The number of ether oxygens (including phenoxy) is 3. The van der Waals surface area contributed by atoms with E-state index in [2.05, 4.69) is 47.5 Å². The Hall–Kier alpha value is -3.58. The van der Waals surface area contributed by atoms with Crippen molar-refractivity contribution in [2.24, 2.45) is 0 Å². The van der Waals surface area contributed by atoms with Crippen molar-refractivity contribution >= 4 is 6.09 Å². The summed E-state index contributed by atoms with van der Waals surface area (Å²) in [6, 6.07) is 18.6. The van der Waals surface area contributed by atoms with Crippen molar-refractivity contribution in [3.05, 3.63) is 88.7 Å². The van der Waals surface area contributed by atoms with Gasteiger partial charge in [-0.3, -0.25) is 9.88 Å². The molecular formula is C32H39N3O4. The number of carbonyl (C=O) groups is 1. The zero-order valence-corrected chi connectivity index (χ0v) is 23.6. The Labute approximate surface area is 231 Å². The molecule has 0 saturated carbocycles. The molecule has 7 heteroatoms. The normalized spacial score (nSPS) is 20.9. The fraction of sp³-hybridized carbons (Fsp3) is 0.438. The molecule has 0 radical (unpaired) electrons. The number of aryl methyl sites for hydroxylation is 1. The van der Waals surface area contributed by atoms with Gasteiger partial charge in [0.2, 0.25) is 0 Å². The predicted molar refractivity (Wildman–Crippen MR) is 151 cm³/mol. The van der Waals surface area contributed by atoms with Crippen LogP contribution in [0.1, 0.15) is 67.1 Å². The Morgan fingerprint density at radius 2 is 1.90 bits per heavy atom. The summed E-state index contributed by atoms with van der Waals surface area (Å²) in [4.78, 5) is 20.1. The Kier molecular flexibility index (Phi) is 7.80. The largest absolute Gasteiger partial charge is 0.493 e. The first-order chi connectivity index (χ1) is 18.7. The van der Waals surface area contributed by atoms with E-state index >= 15 is 0 Å². The van der Waals surface area contributed by atoms with Crippen LogP contribution in [0.3, 0.4) is 0 Å². The van der Waals surface area contributed by atoms with E-state index in [1.807, 2.05) is 51.2 Å². The van der Waals surface area contributed by atoms with Gasteiger partial charge in [-0.2, -0.15) is 0 Å². The predicted octanol–water partition coefficient (Wildman–Crippen LogP) is 5.96. The second-order valence-corrected chi connectivity index (χ2v) is 11.6. The fourth-order valence-electron chi connectivity index (χ4n) is 5.73. The Bertz CT molecular complexity index is 1300. The molecule has 2 aliphatic heterocycles. The molecule has 5 rings (SSSR count). The number of carbonyl (C=O) groups excluding carboxylic acids is 1. The van der Waals surface area contributed by atoms with Crippen LogP contribution in [0.2, 0.25) is 0 Å². The topological polar surface area (TPSA) is 72.9 Å². The molecule has 2 aromatic carbocycles. The number of hydrogen-bond acceptors (Lipinski definition) is 6. The number of benzene rings is 2. The highest BCUT2D eigenvalue weighted by molar-refractivity contribution is 5.68. The Morgan fingerprint density at radius 1 is 1.10 bits per heavy atom. The summed E-state index contributed by atoms with van der Waals surface area (Å²) < 4.78 is 17.6. The van der Waals surface area contributed by atoms with Gasteiger partial charge in [0.15, 0.2) is 11.5 Å². The molecule has 0 bridgehead atoms. The summed E-state index contributed by atoms with van der Waals surface area (Å²) in [6.45, 7) is 9.95. The summed E-state index contributed by atoms with van der Waals surface area (Å²) in [5, 5.41) is 3.20.